The molecule has 1 aromatic heterocycles. The standard InChI is InChI=1S/C19H14F5N5O2S2/c1-25-16(30)15(26-17(31)27-18-28-29-19(32)33-18)8(7-5-3-2-4-6-7)9-10(20)12(22)14(24)13(23)11(9)21/h2-6,8,15H,1H3,(H,25,30)(H,29,32)(H2,26,27,28,31). The average molecular weight is 503 g/mol. The maximum atomic E-state index is 14.7. The number of H-pyrrole nitrogens is 1. The van der Waals surface area contributed by atoms with Gasteiger partial charge in [-0.2, -0.15) is 0 Å². The summed E-state index contributed by atoms with van der Waals surface area (Å²) in [4.78, 5) is 25.2. The molecule has 0 saturated carbocycles. The number of nitrogens with zero attached hydrogens (tertiary/aromatic N) is 1. The Morgan fingerprint density at radius 3 is 2.09 bits per heavy atom. The van der Waals surface area contributed by atoms with Gasteiger partial charge in [0.15, 0.2) is 27.2 Å². The van der Waals surface area contributed by atoms with Crippen molar-refractivity contribution in [3.05, 3.63) is 74.5 Å². The first-order valence-corrected chi connectivity index (χ1v) is 10.3. The van der Waals surface area contributed by atoms with Gasteiger partial charge >= 0.3 is 6.03 Å². The molecule has 0 aliphatic heterocycles. The van der Waals surface area contributed by atoms with E-state index in [9.17, 15) is 31.5 Å². The minimum Gasteiger partial charge on any atom is -0.357 e. The van der Waals surface area contributed by atoms with Gasteiger partial charge in [-0.25, -0.2) is 26.7 Å². The Balaban J connectivity index is 2.14. The molecule has 14 heteroatoms. The number of carbonyl (C=O) groups is 2. The van der Waals surface area contributed by atoms with Crippen molar-refractivity contribution in [2.75, 3.05) is 12.4 Å². The topological polar surface area (TPSA) is 98.9 Å². The van der Waals surface area contributed by atoms with Gasteiger partial charge in [0.2, 0.25) is 16.9 Å². The van der Waals surface area contributed by atoms with E-state index in [0.29, 0.717) is 0 Å². The minimum atomic E-state index is -2.34. The summed E-state index contributed by atoms with van der Waals surface area (Å²) in [5.41, 5.74) is -1.27. The predicted octanol–water partition coefficient (Wildman–Crippen LogP) is 3.96. The molecule has 33 heavy (non-hydrogen) atoms. The molecule has 174 valence electrons. The Morgan fingerprint density at radius 1 is 1.00 bits per heavy atom. The van der Waals surface area contributed by atoms with Crippen molar-refractivity contribution >= 4 is 40.6 Å². The van der Waals surface area contributed by atoms with Crippen LogP contribution in [0.15, 0.2) is 30.3 Å². The monoisotopic (exact) mass is 503 g/mol. The summed E-state index contributed by atoms with van der Waals surface area (Å²) < 4.78 is 71.4. The average Bonchev–Trinajstić information content (AvgIpc) is 3.22. The summed E-state index contributed by atoms with van der Waals surface area (Å²) >= 11 is 5.73. The Morgan fingerprint density at radius 2 is 1.58 bits per heavy atom. The molecule has 0 aliphatic rings. The molecule has 2 atom stereocenters. The largest absolute Gasteiger partial charge is 0.357 e. The summed E-state index contributed by atoms with van der Waals surface area (Å²) in [6.45, 7) is 0. The molecular weight excluding hydrogens is 489 g/mol. The van der Waals surface area contributed by atoms with Crippen LogP contribution < -0.4 is 16.0 Å². The highest BCUT2D eigenvalue weighted by atomic mass is 32.1. The summed E-state index contributed by atoms with van der Waals surface area (Å²) in [6, 6.07) is 4.22. The van der Waals surface area contributed by atoms with Crippen molar-refractivity contribution in [1.29, 1.82) is 0 Å². The van der Waals surface area contributed by atoms with Crippen LogP contribution >= 0.6 is 23.6 Å². The van der Waals surface area contributed by atoms with Gasteiger partial charge in [0, 0.05) is 18.5 Å². The van der Waals surface area contributed by atoms with Gasteiger partial charge in [-0.15, -0.1) is 5.10 Å². The van der Waals surface area contributed by atoms with Crippen molar-refractivity contribution in [3.63, 3.8) is 0 Å². The third-order valence-electron chi connectivity index (χ3n) is 4.52. The van der Waals surface area contributed by atoms with E-state index in [0.717, 1.165) is 11.3 Å². The van der Waals surface area contributed by atoms with Crippen LogP contribution in [0.1, 0.15) is 17.0 Å². The van der Waals surface area contributed by atoms with Gasteiger partial charge in [0.05, 0.1) is 0 Å². The fraction of sp³-hybridized carbons (Fsp3) is 0.158. The van der Waals surface area contributed by atoms with E-state index in [2.05, 4.69) is 26.1 Å². The number of carbonyl (C=O) groups excluding carboxylic acids is 2. The molecule has 7 nitrogen and oxygen atoms in total. The Labute approximate surface area is 192 Å². The SMILES string of the molecule is CNC(=O)C(NC(=O)Nc1n[nH]c(=S)s1)C(c1ccccc1)c1c(F)c(F)c(F)c(F)c1F. The molecule has 3 aromatic rings. The molecule has 3 rings (SSSR count). The Bertz CT molecular complexity index is 1220. The normalized spacial score (nSPS) is 12.7. The molecule has 0 spiro atoms. The fourth-order valence-corrected chi connectivity index (χ4v) is 3.88. The number of amides is 3. The molecule has 1 heterocycles. The Kier molecular flexibility index (Phi) is 7.38. The number of anilines is 1. The third kappa shape index (κ3) is 5.01. The van der Waals surface area contributed by atoms with E-state index >= 15 is 0 Å². The summed E-state index contributed by atoms with van der Waals surface area (Å²) in [7, 11) is 1.18. The van der Waals surface area contributed by atoms with Gasteiger partial charge in [-0.1, -0.05) is 41.7 Å². The lowest BCUT2D eigenvalue weighted by molar-refractivity contribution is -0.122. The number of halogens is 5. The van der Waals surface area contributed by atoms with Crippen molar-refractivity contribution in [2.24, 2.45) is 0 Å². The van der Waals surface area contributed by atoms with Gasteiger partial charge in [-0.05, 0) is 17.8 Å². The second kappa shape index (κ2) is 10.0. The first-order valence-electron chi connectivity index (χ1n) is 9.06. The zero-order valence-electron chi connectivity index (χ0n) is 16.5. The van der Waals surface area contributed by atoms with Crippen LogP contribution in [0.5, 0.6) is 0 Å². The number of benzene rings is 2. The van der Waals surface area contributed by atoms with Crippen molar-refractivity contribution in [2.45, 2.75) is 12.0 Å². The zero-order valence-corrected chi connectivity index (χ0v) is 18.1. The van der Waals surface area contributed by atoms with Crippen LogP contribution in [0.2, 0.25) is 0 Å². The maximum Gasteiger partial charge on any atom is 0.321 e. The number of nitrogens with one attached hydrogen (secondary N) is 4. The number of hydrogen-bond donors (Lipinski definition) is 4. The molecule has 0 bridgehead atoms. The van der Waals surface area contributed by atoms with Crippen molar-refractivity contribution in [3.8, 4) is 0 Å². The second-order valence-corrected chi connectivity index (χ2v) is 8.15. The first kappa shape index (κ1) is 24.3. The molecule has 0 radical (unpaired) electrons. The minimum absolute atomic E-state index is 0.00466. The van der Waals surface area contributed by atoms with Crippen LogP contribution in [-0.4, -0.2) is 35.2 Å². The molecule has 4 N–H and O–H groups in total. The molecule has 0 saturated heterocycles. The van der Waals surface area contributed by atoms with Crippen molar-refractivity contribution < 1.29 is 31.5 Å². The maximum absolute atomic E-state index is 14.7. The third-order valence-corrected chi connectivity index (χ3v) is 5.53. The van der Waals surface area contributed by atoms with Crippen LogP contribution in [0.25, 0.3) is 0 Å². The van der Waals surface area contributed by atoms with E-state index in [-0.39, 0.29) is 14.6 Å². The fourth-order valence-electron chi connectivity index (χ4n) is 3.09. The van der Waals surface area contributed by atoms with E-state index < -0.39 is 58.5 Å². The number of urea groups is 1. The summed E-state index contributed by atoms with van der Waals surface area (Å²) in [5.74, 6) is -13.7. The number of rotatable bonds is 6. The van der Waals surface area contributed by atoms with E-state index in [1.54, 1.807) is 6.07 Å². The van der Waals surface area contributed by atoms with Gasteiger partial charge in [0.25, 0.3) is 0 Å². The van der Waals surface area contributed by atoms with E-state index in [1.807, 2.05) is 0 Å². The van der Waals surface area contributed by atoms with Crippen LogP contribution in [0.3, 0.4) is 0 Å². The highest BCUT2D eigenvalue weighted by molar-refractivity contribution is 7.73. The highest BCUT2D eigenvalue weighted by Gasteiger charge is 2.39. The smallest absolute Gasteiger partial charge is 0.321 e. The lowest BCUT2D eigenvalue weighted by Gasteiger charge is -2.28. The molecular formula is C19H14F5N5O2S2. The lowest BCUT2D eigenvalue weighted by atomic mass is 9.83. The van der Waals surface area contributed by atoms with E-state index in [4.69, 9.17) is 12.2 Å². The zero-order chi connectivity index (χ0) is 24.3. The van der Waals surface area contributed by atoms with Gasteiger partial charge in [-0.3, -0.25) is 15.2 Å². The highest BCUT2D eigenvalue weighted by Crippen LogP contribution is 2.35. The van der Waals surface area contributed by atoms with Gasteiger partial charge < -0.3 is 10.6 Å². The quantitative estimate of drug-likeness (QED) is 0.177. The molecule has 0 aliphatic carbocycles. The second-order valence-electron chi connectivity index (χ2n) is 6.48. The summed E-state index contributed by atoms with van der Waals surface area (Å²) in [6.07, 6.45) is 0. The molecule has 2 aromatic carbocycles. The molecule has 0 fully saturated rings. The van der Waals surface area contributed by atoms with Crippen LogP contribution in [-0.2, 0) is 4.79 Å². The predicted molar refractivity (Wildman–Crippen MR) is 112 cm³/mol. The number of hydrogen-bond acceptors (Lipinski definition) is 5. The lowest BCUT2D eigenvalue weighted by Crippen LogP contribution is -2.51. The molecule has 3 amide bonds. The molecule has 2 unspecified atom stereocenters. The van der Waals surface area contributed by atoms with Crippen LogP contribution in [0.4, 0.5) is 31.9 Å². The van der Waals surface area contributed by atoms with Crippen LogP contribution in [0, 0.1) is 33.0 Å². The van der Waals surface area contributed by atoms with E-state index in [1.165, 1.54) is 31.3 Å². The summed E-state index contributed by atoms with van der Waals surface area (Å²) in [5, 5.41) is 12.8. The number of aromatic amines is 1. The van der Waals surface area contributed by atoms with Gasteiger partial charge in [0.1, 0.15) is 6.04 Å². The number of likely N-dealkylation sites (N-methyl/N-ethyl adjacent to an activating group) is 1. The van der Waals surface area contributed by atoms with Crippen molar-refractivity contribution in [1.82, 2.24) is 20.8 Å². The first-order chi connectivity index (χ1) is 15.6. The Hall–Kier alpha value is -3.39. The number of aromatic nitrogens is 2.